The molecule has 0 radical (unpaired) electrons. The molecule has 1 aliphatic carbocycles. The predicted octanol–water partition coefficient (Wildman–Crippen LogP) is 1.85. The number of anilines is 1. The molecule has 1 aromatic carbocycles. The van der Waals surface area contributed by atoms with Gasteiger partial charge >= 0.3 is 0 Å². The smallest absolute Gasteiger partial charge is 0.268 e. The third-order valence-corrected chi connectivity index (χ3v) is 4.07. The maximum absolute atomic E-state index is 14.1. The number of carbonyl (C=O) groups is 1. The molecule has 0 bridgehead atoms. The van der Waals surface area contributed by atoms with Crippen molar-refractivity contribution in [3.05, 3.63) is 53.4 Å². The largest absolute Gasteiger partial charge is 0.345 e. The van der Waals surface area contributed by atoms with Crippen LogP contribution in [0, 0.1) is 11.6 Å². The number of nitrogens with one attached hydrogen (secondary N) is 2. The van der Waals surface area contributed by atoms with E-state index in [2.05, 4.69) is 15.3 Å². The van der Waals surface area contributed by atoms with E-state index < -0.39 is 23.1 Å². The highest BCUT2D eigenvalue weighted by molar-refractivity contribution is 5.93. The monoisotopic (exact) mass is 319 g/mol. The summed E-state index contributed by atoms with van der Waals surface area (Å²) in [6.07, 6.45) is 4.79. The fourth-order valence-electron chi connectivity index (χ4n) is 2.67. The molecule has 120 valence electrons. The quantitative estimate of drug-likeness (QED) is 0.454. The van der Waals surface area contributed by atoms with Gasteiger partial charge in [-0.25, -0.2) is 24.6 Å². The molecule has 0 spiro atoms. The molecule has 1 fully saturated rings. The first-order valence-electron chi connectivity index (χ1n) is 7.11. The Hall–Kier alpha value is -2.61. The molecule has 1 aliphatic rings. The summed E-state index contributed by atoms with van der Waals surface area (Å²) < 4.78 is 27.6. The Morgan fingerprint density at radius 2 is 1.91 bits per heavy atom. The van der Waals surface area contributed by atoms with Gasteiger partial charge in [0.2, 0.25) is 5.95 Å². The number of hydrogen-bond acceptors (Lipinski definition) is 5. The normalized spacial score (nSPS) is 15.6. The minimum Gasteiger partial charge on any atom is -0.345 e. The number of nitrogens with two attached hydrogens (primary N) is 1. The van der Waals surface area contributed by atoms with Crippen molar-refractivity contribution >= 4 is 11.9 Å². The van der Waals surface area contributed by atoms with Gasteiger partial charge in [-0.2, -0.15) is 0 Å². The fourth-order valence-corrected chi connectivity index (χ4v) is 2.67. The van der Waals surface area contributed by atoms with Crippen LogP contribution < -0.4 is 16.6 Å². The SMILES string of the molecule is NNC(=O)c1cnc(NC2(c3cccc(F)c3F)CCC2)nc1. The summed E-state index contributed by atoms with van der Waals surface area (Å²) in [5, 5.41) is 3.07. The predicted molar refractivity (Wildman–Crippen MR) is 79.2 cm³/mol. The Bertz CT molecular complexity index is 731. The van der Waals surface area contributed by atoms with Crippen molar-refractivity contribution in [3.8, 4) is 0 Å². The number of nitrogen functional groups attached to an aromatic ring is 1. The number of carbonyl (C=O) groups excluding carboxylic acids is 1. The highest BCUT2D eigenvalue weighted by atomic mass is 19.2. The molecule has 0 unspecified atom stereocenters. The van der Waals surface area contributed by atoms with Crippen molar-refractivity contribution in [1.82, 2.24) is 15.4 Å². The second-order valence-corrected chi connectivity index (χ2v) is 5.43. The first-order chi connectivity index (χ1) is 11.1. The van der Waals surface area contributed by atoms with Gasteiger partial charge in [0.1, 0.15) is 0 Å². The highest BCUT2D eigenvalue weighted by Gasteiger charge is 2.41. The number of rotatable bonds is 4. The van der Waals surface area contributed by atoms with Crippen molar-refractivity contribution in [2.45, 2.75) is 24.8 Å². The lowest BCUT2D eigenvalue weighted by molar-refractivity contribution is 0.0953. The number of nitrogens with zero attached hydrogens (tertiary/aromatic N) is 2. The summed E-state index contributed by atoms with van der Waals surface area (Å²) in [6.45, 7) is 0. The van der Waals surface area contributed by atoms with Crippen LogP contribution in [0.3, 0.4) is 0 Å². The Morgan fingerprint density at radius 1 is 1.22 bits per heavy atom. The van der Waals surface area contributed by atoms with Crippen molar-refractivity contribution in [2.75, 3.05) is 5.32 Å². The number of hydrazine groups is 1. The summed E-state index contributed by atoms with van der Waals surface area (Å²) in [6, 6.07) is 4.12. The Balaban J connectivity index is 1.87. The number of aromatic nitrogens is 2. The minimum absolute atomic E-state index is 0.206. The zero-order valence-corrected chi connectivity index (χ0v) is 12.1. The molecule has 1 saturated carbocycles. The van der Waals surface area contributed by atoms with Crippen molar-refractivity contribution in [1.29, 1.82) is 0 Å². The van der Waals surface area contributed by atoms with Crippen LogP contribution in [0.4, 0.5) is 14.7 Å². The Labute approximate surface area is 131 Å². The average Bonchev–Trinajstić information content (AvgIpc) is 2.54. The third-order valence-electron chi connectivity index (χ3n) is 4.07. The van der Waals surface area contributed by atoms with Gasteiger partial charge in [0, 0.05) is 18.0 Å². The Kier molecular flexibility index (Phi) is 3.91. The molecule has 23 heavy (non-hydrogen) atoms. The molecule has 1 heterocycles. The third kappa shape index (κ3) is 2.72. The molecule has 1 amide bonds. The molecule has 0 atom stereocenters. The molecule has 0 saturated heterocycles. The van der Waals surface area contributed by atoms with Crippen molar-refractivity contribution in [2.24, 2.45) is 5.84 Å². The average molecular weight is 319 g/mol. The van der Waals surface area contributed by atoms with E-state index in [1.54, 1.807) is 6.07 Å². The van der Waals surface area contributed by atoms with Gasteiger partial charge in [-0.05, 0) is 25.3 Å². The fraction of sp³-hybridized carbons (Fsp3) is 0.267. The van der Waals surface area contributed by atoms with Gasteiger partial charge in [-0.1, -0.05) is 12.1 Å². The zero-order valence-electron chi connectivity index (χ0n) is 12.1. The van der Waals surface area contributed by atoms with Crippen LogP contribution in [-0.2, 0) is 5.54 Å². The molecular weight excluding hydrogens is 304 g/mol. The number of halogens is 2. The lowest BCUT2D eigenvalue weighted by Crippen LogP contribution is -2.43. The molecule has 4 N–H and O–H groups in total. The van der Waals surface area contributed by atoms with Crippen LogP contribution in [-0.4, -0.2) is 15.9 Å². The van der Waals surface area contributed by atoms with E-state index in [9.17, 15) is 13.6 Å². The van der Waals surface area contributed by atoms with E-state index in [1.807, 2.05) is 5.43 Å². The molecule has 1 aromatic heterocycles. The first-order valence-corrected chi connectivity index (χ1v) is 7.11. The van der Waals surface area contributed by atoms with Crippen LogP contribution in [0.25, 0.3) is 0 Å². The second kappa shape index (κ2) is 5.88. The lowest BCUT2D eigenvalue weighted by Gasteiger charge is -2.43. The molecule has 0 aliphatic heterocycles. The number of amides is 1. The maximum atomic E-state index is 14.1. The zero-order chi connectivity index (χ0) is 16.4. The lowest BCUT2D eigenvalue weighted by atomic mass is 9.71. The van der Waals surface area contributed by atoms with Crippen molar-refractivity contribution < 1.29 is 13.6 Å². The highest BCUT2D eigenvalue weighted by Crippen LogP contribution is 2.44. The first kappa shape index (κ1) is 15.3. The number of hydrogen-bond donors (Lipinski definition) is 3. The van der Waals surface area contributed by atoms with Gasteiger partial charge in [0.25, 0.3) is 5.91 Å². The van der Waals surface area contributed by atoms with Crippen LogP contribution in [0.1, 0.15) is 35.2 Å². The van der Waals surface area contributed by atoms with E-state index in [1.165, 1.54) is 18.5 Å². The van der Waals surface area contributed by atoms with Crippen LogP contribution in [0.2, 0.25) is 0 Å². The second-order valence-electron chi connectivity index (χ2n) is 5.43. The molecule has 8 heteroatoms. The van der Waals surface area contributed by atoms with Gasteiger partial charge < -0.3 is 5.32 Å². The summed E-state index contributed by atoms with van der Waals surface area (Å²) >= 11 is 0. The van der Waals surface area contributed by atoms with Gasteiger partial charge in [0.05, 0.1) is 11.1 Å². The molecular formula is C15H15F2N5O. The molecule has 6 nitrogen and oxygen atoms in total. The van der Waals surface area contributed by atoms with Crippen LogP contribution in [0.5, 0.6) is 0 Å². The van der Waals surface area contributed by atoms with Crippen molar-refractivity contribution in [3.63, 3.8) is 0 Å². The number of benzene rings is 1. The van der Waals surface area contributed by atoms with E-state index in [-0.39, 0.29) is 17.1 Å². The Morgan fingerprint density at radius 3 is 2.48 bits per heavy atom. The summed E-state index contributed by atoms with van der Waals surface area (Å²) in [5.41, 5.74) is 1.71. The minimum atomic E-state index is -0.883. The van der Waals surface area contributed by atoms with E-state index >= 15 is 0 Å². The van der Waals surface area contributed by atoms with Gasteiger partial charge in [-0.15, -0.1) is 0 Å². The van der Waals surface area contributed by atoms with Gasteiger partial charge in [0.15, 0.2) is 11.6 Å². The molecule has 3 rings (SSSR count). The van der Waals surface area contributed by atoms with E-state index in [4.69, 9.17) is 5.84 Å². The van der Waals surface area contributed by atoms with Crippen LogP contribution >= 0.6 is 0 Å². The van der Waals surface area contributed by atoms with E-state index in [0.29, 0.717) is 12.8 Å². The van der Waals surface area contributed by atoms with E-state index in [0.717, 1.165) is 12.5 Å². The van der Waals surface area contributed by atoms with Gasteiger partial charge in [-0.3, -0.25) is 10.2 Å². The summed E-state index contributed by atoms with van der Waals surface area (Å²) in [7, 11) is 0. The van der Waals surface area contributed by atoms with Crippen LogP contribution in [0.15, 0.2) is 30.6 Å². The topological polar surface area (TPSA) is 92.9 Å². The summed E-state index contributed by atoms with van der Waals surface area (Å²) in [5.74, 6) is 3.02. The summed E-state index contributed by atoms with van der Waals surface area (Å²) in [4.78, 5) is 19.4. The maximum Gasteiger partial charge on any atom is 0.268 e. The molecule has 2 aromatic rings. The standard InChI is InChI=1S/C15H15F2N5O/c16-11-4-1-3-10(12(11)17)15(5-2-6-15)21-14-19-7-9(8-20-14)13(23)22-18/h1,3-4,7-8H,2,5-6,18H2,(H,22,23)(H,19,20,21).